The molecule has 2 rings (SSSR count). The minimum Gasteiger partial charge on any atom is -0.490 e. The lowest BCUT2D eigenvalue weighted by Crippen LogP contribution is -2.48. The first kappa shape index (κ1) is 17.1. The highest BCUT2D eigenvalue weighted by atomic mass is 19.4. The maximum Gasteiger partial charge on any atom is 0.419 e. The number of nitrogens with one attached hydrogen (secondary N) is 2. The molecule has 2 amide bonds. The first-order chi connectivity index (χ1) is 10.7. The second-order valence-electron chi connectivity index (χ2n) is 5.17. The molecule has 0 fully saturated rings. The van der Waals surface area contributed by atoms with Gasteiger partial charge in [-0.05, 0) is 32.0 Å². The highest BCUT2D eigenvalue weighted by Crippen LogP contribution is 2.37. The fourth-order valence-electron chi connectivity index (χ4n) is 2.07. The maximum atomic E-state index is 13.2. The number of urea groups is 1. The van der Waals surface area contributed by atoms with Gasteiger partial charge in [-0.2, -0.15) is 18.3 Å². The van der Waals surface area contributed by atoms with Gasteiger partial charge in [-0.15, -0.1) is 0 Å². The van der Waals surface area contributed by atoms with E-state index in [1.54, 1.807) is 6.92 Å². The summed E-state index contributed by atoms with van der Waals surface area (Å²) >= 11 is 0. The van der Waals surface area contributed by atoms with Gasteiger partial charge in [-0.3, -0.25) is 0 Å². The third kappa shape index (κ3) is 4.13. The molecule has 9 heteroatoms. The second-order valence-corrected chi connectivity index (χ2v) is 5.17. The molecule has 23 heavy (non-hydrogen) atoms. The summed E-state index contributed by atoms with van der Waals surface area (Å²) in [6.45, 7) is 2.77. The topological polar surface area (TPSA) is 83.0 Å². The van der Waals surface area contributed by atoms with E-state index >= 15 is 0 Å². The summed E-state index contributed by atoms with van der Waals surface area (Å²) in [5, 5.41) is 15.5. The van der Waals surface area contributed by atoms with E-state index in [0.717, 1.165) is 6.07 Å². The quantitative estimate of drug-likeness (QED) is 0.788. The van der Waals surface area contributed by atoms with E-state index in [1.807, 2.05) is 0 Å². The summed E-state index contributed by atoms with van der Waals surface area (Å²) < 4.78 is 44.7. The molecule has 1 aromatic carbocycles. The number of carbonyl (C=O) groups is 1. The zero-order valence-electron chi connectivity index (χ0n) is 12.4. The Bertz CT molecular complexity index is 629. The summed E-state index contributed by atoms with van der Waals surface area (Å²) in [7, 11) is 0. The van der Waals surface area contributed by atoms with Crippen molar-refractivity contribution in [2.45, 2.75) is 32.2 Å². The largest absolute Gasteiger partial charge is 0.490 e. The van der Waals surface area contributed by atoms with Crippen molar-refractivity contribution in [2.24, 2.45) is 5.10 Å². The third-order valence-electron chi connectivity index (χ3n) is 3.10. The molecule has 0 aliphatic carbocycles. The first-order valence-electron chi connectivity index (χ1n) is 6.85. The lowest BCUT2D eigenvalue weighted by atomic mass is 10.0. The average molecular weight is 331 g/mol. The first-order valence-corrected chi connectivity index (χ1v) is 6.85. The summed E-state index contributed by atoms with van der Waals surface area (Å²) in [5.41, 5.74) is 1.68. The average Bonchev–Trinajstić information content (AvgIpc) is 2.44. The van der Waals surface area contributed by atoms with E-state index in [2.05, 4.69) is 15.8 Å². The van der Waals surface area contributed by atoms with Crippen LogP contribution < -0.4 is 15.5 Å². The van der Waals surface area contributed by atoms with Crippen molar-refractivity contribution in [1.82, 2.24) is 10.7 Å². The van der Waals surface area contributed by atoms with Gasteiger partial charge in [-0.25, -0.2) is 10.2 Å². The Morgan fingerprint density at radius 2 is 2.13 bits per heavy atom. The van der Waals surface area contributed by atoms with Gasteiger partial charge in [0.15, 0.2) is 0 Å². The van der Waals surface area contributed by atoms with E-state index in [1.165, 1.54) is 19.1 Å². The van der Waals surface area contributed by atoms with Gasteiger partial charge >= 0.3 is 12.2 Å². The number of aliphatic hydroxyl groups is 1. The summed E-state index contributed by atoms with van der Waals surface area (Å²) in [5.74, 6) is -0.372. The van der Waals surface area contributed by atoms with Crippen LogP contribution in [0.2, 0.25) is 0 Å². The molecule has 0 radical (unpaired) electrons. The van der Waals surface area contributed by atoms with Crippen LogP contribution in [0.1, 0.15) is 25.0 Å². The van der Waals surface area contributed by atoms with Crippen LogP contribution in [0.5, 0.6) is 5.75 Å². The van der Waals surface area contributed by atoms with E-state index in [0.29, 0.717) is 0 Å². The Labute approximate surface area is 130 Å². The van der Waals surface area contributed by atoms with E-state index in [4.69, 9.17) is 9.84 Å². The van der Waals surface area contributed by atoms with Crippen LogP contribution in [0.25, 0.3) is 0 Å². The van der Waals surface area contributed by atoms with Crippen LogP contribution in [-0.2, 0) is 6.18 Å². The van der Waals surface area contributed by atoms with Crippen LogP contribution in [-0.4, -0.2) is 35.6 Å². The predicted octanol–water partition coefficient (Wildman–Crippen LogP) is 1.87. The lowest BCUT2D eigenvalue weighted by Gasteiger charge is -2.22. The molecule has 1 aliphatic rings. The zero-order chi connectivity index (χ0) is 17.2. The number of hydrogen-bond donors (Lipinski definition) is 3. The maximum absolute atomic E-state index is 13.2. The third-order valence-corrected chi connectivity index (χ3v) is 3.10. The Morgan fingerprint density at radius 1 is 1.43 bits per heavy atom. The molecule has 1 aliphatic heterocycles. The number of halogens is 3. The number of benzene rings is 1. The highest BCUT2D eigenvalue weighted by molar-refractivity contribution is 6.07. The van der Waals surface area contributed by atoms with Crippen LogP contribution >= 0.6 is 0 Å². The number of carbonyl (C=O) groups excluding carboxylic acids is 1. The van der Waals surface area contributed by atoms with Crippen LogP contribution in [0, 0.1) is 0 Å². The molecule has 126 valence electrons. The van der Waals surface area contributed by atoms with Crippen LogP contribution in [0.4, 0.5) is 18.0 Å². The van der Waals surface area contributed by atoms with Gasteiger partial charge in [0.25, 0.3) is 0 Å². The van der Waals surface area contributed by atoms with Gasteiger partial charge in [0.1, 0.15) is 12.4 Å². The SMILES string of the molecule is C[C@@H]1NC(=O)NN=C1c1ccc(OC[C@@H](C)O)c(C(F)(F)F)c1. The monoisotopic (exact) mass is 331 g/mol. The minimum atomic E-state index is -4.63. The van der Waals surface area contributed by atoms with Gasteiger partial charge in [0, 0.05) is 5.56 Å². The predicted molar refractivity (Wildman–Crippen MR) is 76.3 cm³/mol. The van der Waals surface area contributed by atoms with Crippen LogP contribution in [0.15, 0.2) is 23.3 Å². The molecule has 0 saturated heterocycles. The lowest BCUT2D eigenvalue weighted by molar-refractivity contribution is -0.139. The molecule has 6 nitrogen and oxygen atoms in total. The molecule has 2 atom stereocenters. The van der Waals surface area contributed by atoms with Crippen molar-refractivity contribution in [3.63, 3.8) is 0 Å². The number of hydrogen-bond acceptors (Lipinski definition) is 4. The normalized spacial score (nSPS) is 19.5. The Hall–Kier alpha value is -2.29. The molecule has 0 bridgehead atoms. The molecular formula is C14H16F3N3O3. The molecule has 1 aromatic rings. The molecule has 1 heterocycles. The number of hydrazone groups is 1. The van der Waals surface area contributed by atoms with E-state index in [9.17, 15) is 18.0 Å². The van der Waals surface area contributed by atoms with Gasteiger partial charge < -0.3 is 15.2 Å². The molecule has 0 saturated carbocycles. The van der Waals surface area contributed by atoms with Crippen molar-refractivity contribution < 1.29 is 27.8 Å². The van der Waals surface area contributed by atoms with Crippen LogP contribution in [0.3, 0.4) is 0 Å². The van der Waals surface area contributed by atoms with Gasteiger partial charge in [0.2, 0.25) is 0 Å². The van der Waals surface area contributed by atoms with E-state index < -0.39 is 29.9 Å². The van der Waals surface area contributed by atoms with Crippen molar-refractivity contribution in [1.29, 1.82) is 0 Å². The van der Waals surface area contributed by atoms with Crippen molar-refractivity contribution >= 4 is 11.7 Å². The van der Waals surface area contributed by atoms with Crippen molar-refractivity contribution in [3.05, 3.63) is 29.3 Å². The summed E-state index contributed by atoms with van der Waals surface area (Å²) in [6, 6.07) is 2.45. The van der Waals surface area contributed by atoms with Crippen molar-refractivity contribution in [2.75, 3.05) is 6.61 Å². The number of rotatable bonds is 4. The number of aliphatic hydroxyl groups excluding tert-OH is 1. The smallest absolute Gasteiger partial charge is 0.419 e. The van der Waals surface area contributed by atoms with Gasteiger partial charge in [0.05, 0.1) is 23.4 Å². The molecule has 0 aromatic heterocycles. The van der Waals surface area contributed by atoms with Crippen molar-refractivity contribution in [3.8, 4) is 5.75 Å². The Balaban J connectivity index is 2.38. The Kier molecular flexibility index (Phi) is 4.79. The standard InChI is InChI=1S/C14H16F3N3O3/c1-7(21)6-23-11-4-3-9(5-10(11)14(15,16)17)12-8(2)18-13(22)20-19-12/h3-5,7-8,21H,6H2,1-2H3,(H2,18,20,22)/t7-,8+/m1/s1. The fourth-order valence-corrected chi connectivity index (χ4v) is 2.07. The number of amides is 2. The molecular weight excluding hydrogens is 315 g/mol. The second kappa shape index (κ2) is 6.45. The number of alkyl halides is 3. The summed E-state index contributed by atoms with van der Waals surface area (Å²) in [4.78, 5) is 11.1. The minimum absolute atomic E-state index is 0.210. The molecule has 3 N–H and O–H groups in total. The number of nitrogens with zero attached hydrogens (tertiary/aromatic N) is 1. The molecule has 0 unspecified atom stereocenters. The summed E-state index contributed by atoms with van der Waals surface area (Å²) in [6.07, 6.45) is -5.52. The Morgan fingerprint density at radius 3 is 2.70 bits per heavy atom. The van der Waals surface area contributed by atoms with E-state index in [-0.39, 0.29) is 23.6 Å². The zero-order valence-corrected chi connectivity index (χ0v) is 12.4. The fraction of sp³-hybridized carbons (Fsp3) is 0.429. The number of ether oxygens (including phenoxy) is 1. The van der Waals surface area contributed by atoms with Gasteiger partial charge in [-0.1, -0.05) is 0 Å². The molecule has 0 spiro atoms. The highest BCUT2D eigenvalue weighted by Gasteiger charge is 2.35.